The Morgan fingerprint density at radius 1 is 1.04 bits per heavy atom. The molecular weight excluding hydrogens is 289 g/mol. The van der Waals surface area contributed by atoms with Crippen molar-refractivity contribution in [1.82, 2.24) is 5.32 Å². The molecular formula is C20H26FNO. The molecule has 3 atom stereocenters. The normalized spacial score (nSPS) is 48.1. The van der Waals surface area contributed by atoms with Crippen molar-refractivity contribution in [2.75, 3.05) is 6.54 Å². The van der Waals surface area contributed by atoms with Crippen LogP contribution in [0.3, 0.4) is 0 Å². The molecule has 4 aliphatic carbocycles. The molecule has 1 heterocycles. The Morgan fingerprint density at radius 2 is 1.74 bits per heavy atom. The molecule has 2 N–H and O–H groups in total. The Balaban J connectivity index is 1.51. The number of benzene rings is 1. The second-order valence-electron chi connectivity index (χ2n) is 8.81. The lowest BCUT2D eigenvalue weighted by Gasteiger charge is -2.64. The maximum Gasteiger partial charge on any atom is 0.123 e. The molecule has 1 aromatic rings. The van der Waals surface area contributed by atoms with Crippen LogP contribution < -0.4 is 5.32 Å². The molecule has 0 radical (unpaired) electrons. The van der Waals surface area contributed by atoms with E-state index in [0.29, 0.717) is 17.9 Å². The van der Waals surface area contributed by atoms with Gasteiger partial charge in [0.1, 0.15) is 5.82 Å². The minimum absolute atomic E-state index is 0.0867. The molecule has 2 unspecified atom stereocenters. The van der Waals surface area contributed by atoms with Crippen LogP contribution in [0.4, 0.5) is 4.39 Å². The van der Waals surface area contributed by atoms with Gasteiger partial charge in [-0.3, -0.25) is 0 Å². The number of hydrogen-bond acceptors (Lipinski definition) is 2. The first kappa shape index (κ1) is 14.4. The lowest BCUT2D eigenvalue weighted by atomic mass is 9.42. The monoisotopic (exact) mass is 315 g/mol. The van der Waals surface area contributed by atoms with E-state index in [1.807, 2.05) is 12.1 Å². The van der Waals surface area contributed by atoms with Crippen LogP contribution in [-0.4, -0.2) is 23.3 Å². The Labute approximate surface area is 137 Å². The molecule has 124 valence electrons. The van der Waals surface area contributed by atoms with Gasteiger partial charge in [0.05, 0.1) is 5.60 Å². The summed E-state index contributed by atoms with van der Waals surface area (Å²) in [5.74, 6) is 1.83. The largest absolute Gasteiger partial charge is 0.390 e. The van der Waals surface area contributed by atoms with Gasteiger partial charge < -0.3 is 10.4 Å². The molecule has 4 saturated carbocycles. The molecule has 1 aromatic carbocycles. The first-order valence-electron chi connectivity index (χ1n) is 9.29. The van der Waals surface area contributed by atoms with E-state index in [1.54, 1.807) is 12.1 Å². The lowest BCUT2D eigenvalue weighted by molar-refractivity contribution is -0.168. The maximum atomic E-state index is 13.3. The van der Waals surface area contributed by atoms with Crippen molar-refractivity contribution in [3.8, 4) is 0 Å². The molecule has 6 rings (SSSR count). The molecule has 1 aliphatic heterocycles. The summed E-state index contributed by atoms with van der Waals surface area (Å²) in [4.78, 5) is 0. The second-order valence-corrected chi connectivity index (χ2v) is 8.81. The fourth-order valence-electron chi connectivity index (χ4n) is 6.98. The molecule has 0 spiro atoms. The zero-order valence-corrected chi connectivity index (χ0v) is 13.6. The molecule has 2 nitrogen and oxygen atoms in total. The maximum absolute atomic E-state index is 13.3. The standard InChI is InChI=1S/C20H26FNO/c21-16-5-3-15(4-6-16)19-8-13-10-20(23,12-19)11-14(9-19)18(13)17-2-1-7-22-17/h3-6,13-14,17-18,22-23H,1-2,7-12H2/t13?,14?,17-,18?,19?,20?/m1/s1. The second kappa shape index (κ2) is 4.80. The Hall–Kier alpha value is -0.930. The van der Waals surface area contributed by atoms with E-state index in [9.17, 15) is 9.50 Å². The Morgan fingerprint density at radius 3 is 2.35 bits per heavy atom. The minimum atomic E-state index is -0.477. The molecule has 23 heavy (non-hydrogen) atoms. The van der Waals surface area contributed by atoms with Crippen LogP contribution in [0.1, 0.15) is 50.5 Å². The number of aliphatic hydroxyl groups is 1. The molecule has 4 bridgehead atoms. The average Bonchev–Trinajstić information content (AvgIpc) is 2.99. The summed E-state index contributed by atoms with van der Waals surface area (Å²) >= 11 is 0. The van der Waals surface area contributed by atoms with Crippen LogP contribution in [0, 0.1) is 23.6 Å². The van der Waals surface area contributed by atoms with Crippen molar-refractivity contribution < 1.29 is 9.50 Å². The fourth-order valence-corrected chi connectivity index (χ4v) is 6.98. The van der Waals surface area contributed by atoms with Crippen molar-refractivity contribution >= 4 is 0 Å². The van der Waals surface area contributed by atoms with Crippen molar-refractivity contribution in [2.45, 2.75) is 62.0 Å². The number of rotatable bonds is 2. The molecule has 1 saturated heterocycles. The quantitative estimate of drug-likeness (QED) is 0.877. The minimum Gasteiger partial charge on any atom is -0.390 e. The van der Waals surface area contributed by atoms with Crippen molar-refractivity contribution in [3.05, 3.63) is 35.6 Å². The van der Waals surface area contributed by atoms with Crippen LogP contribution in [0.15, 0.2) is 24.3 Å². The van der Waals surface area contributed by atoms with Gasteiger partial charge in [0.25, 0.3) is 0 Å². The van der Waals surface area contributed by atoms with Gasteiger partial charge in [0.2, 0.25) is 0 Å². The van der Waals surface area contributed by atoms with Crippen molar-refractivity contribution in [1.29, 1.82) is 0 Å². The van der Waals surface area contributed by atoms with E-state index >= 15 is 0 Å². The van der Waals surface area contributed by atoms with E-state index in [0.717, 1.165) is 31.7 Å². The lowest BCUT2D eigenvalue weighted by Crippen LogP contribution is -2.63. The highest BCUT2D eigenvalue weighted by atomic mass is 19.1. The summed E-state index contributed by atoms with van der Waals surface area (Å²) in [6.07, 6.45) is 7.81. The van der Waals surface area contributed by atoms with Gasteiger partial charge in [0, 0.05) is 6.04 Å². The van der Waals surface area contributed by atoms with E-state index in [4.69, 9.17) is 0 Å². The summed E-state index contributed by atoms with van der Waals surface area (Å²) < 4.78 is 13.3. The summed E-state index contributed by atoms with van der Waals surface area (Å²) in [5, 5.41) is 14.9. The van der Waals surface area contributed by atoms with Gasteiger partial charge in [-0.1, -0.05) is 12.1 Å². The van der Waals surface area contributed by atoms with Crippen LogP contribution in [0.5, 0.6) is 0 Å². The fraction of sp³-hybridized carbons (Fsp3) is 0.700. The van der Waals surface area contributed by atoms with Crippen molar-refractivity contribution in [3.63, 3.8) is 0 Å². The van der Waals surface area contributed by atoms with E-state index in [-0.39, 0.29) is 11.2 Å². The third kappa shape index (κ3) is 2.12. The van der Waals surface area contributed by atoms with Gasteiger partial charge in [-0.05, 0) is 92.4 Å². The van der Waals surface area contributed by atoms with Crippen LogP contribution in [-0.2, 0) is 5.41 Å². The topological polar surface area (TPSA) is 32.3 Å². The molecule has 5 aliphatic rings. The van der Waals surface area contributed by atoms with Crippen LogP contribution in [0.2, 0.25) is 0 Å². The Bertz CT molecular complexity index is 591. The van der Waals surface area contributed by atoms with E-state index in [2.05, 4.69) is 5.32 Å². The van der Waals surface area contributed by atoms with Crippen LogP contribution >= 0.6 is 0 Å². The zero-order chi connectivity index (χ0) is 15.7. The highest BCUT2D eigenvalue weighted by Gasteiger charge is 2.62. The van der Waals surface area contributed by atoms with Gasteiger partial charge in [-0.2, -0.15) is 0 Å². The predicted octanol–water partition coefficient (Wildman–Crippen LogP) is 3.39. The van der Waals surface area contributed by atoms with Gasteiger partial charge in [0.15, 0.2) is 0 Å². The molecule has 0 amide bonds. The summed E-state index contributed by atoms with van der Waals surface area (Å²) in [6, 6.07) is 7.78. The first-order chi connectivity index (χ1) is 11.1. The summed E-state index contributed by atoms with van der Waals surface area (Å²) in [5.41, 5.74) is 0.864. The SMILES string of the molecule is OC12CC3CC(c4ccc(F)cc4)(CC(C1)C3[C@H]1CCCN1)C2. The molecule has 3 heteroatoms. The zero-order valence-electron chi connectivity index (χ0n) is 13.6. The Kier molecular flexibility index (Phi) is 3.01. The van der Waals surface area contributed by atoms with Gasteiger partial charge in [-0.25, -0.2) is 4.39 Å². The molecule has 0 aromatic heterocycles. The van der Waals surface area contributed by atoms with Crippen molar-refractivity contribution in [2.24, 2.45) is 17.8 Å². The molecule has 5 fully saturated rings. The predicted molar refractivity (Wildman–Crippen MR) is 87.6 cm³/mol. The highest BCUT2D eigenvalue weighted by Crippen LogP contribution is 2.65. The highest BCUT2D eigenvalue weighted by molar-refractivity contribution is 5.32. The number of hydrogen-bond donors (Lipinski definition) is 2. The number of nitrogens with one attached hydrogen (secondary N) is 1. The smallest absolute Gasteiger partial charge is 0.123 e. The van der Waals surface area contributed by atoms with Crippen LogP contribution in [0.25, 0.3) is 0 Å². The first-order valence-corrected chi connectivity index (χ1v) is 9.29. The summed E-state index contributed by atoms with van der Waals surface area (Å²) in [6.45, 7) is 1.16. The van der Waals surface area contributed by atoms with Gasteiger partial charge >= 0.3 is 0 Å². The van der Waals surface area contributed by atoms with Gasteiger partial charge in [-0.15, -0.1) is 0 Å². The average molecular weight is 315 g/mol. The van der Waals surface area contributed by atoms with E-state index < -0.39 is 5.60 Å². The third-order valence-electron chi connectivity index (χ3n) is 7.37. The number of halogens is 1. The summed E-state index contributed by atoms with van der Waals surface area (Å²) in [7, 11) is 0. The van der Waals surface area contributed by atoms with E-state index in [1.165, 1.54) is 31.2 Å². The third-order valence-corrected chi connectivity index (χ3v) is 7.37.